The van der Waals surface area contributed by atoms with E-state index in [1.54, 1.807) is 0 Å². The third kappa shape index (κ3) is 2.48. The van der Waals surface area contributed by atoms with Crippen molar-refractivity contribution < 1.29 is 4.42 Å². The third-order valence-corrected chi connectivity index (χ3v) is 4.49. The Kier molecular flexibility index (Phi) is 3.89. The van der Waals surface area contributed by atoms with E-state index in [1.807, 2.05) is 19.1 Å². The van der Waals surface area contributed by atoms with Gasteiger partial charge in [0.1, 0.15) is 29.0 Å². The monoisotopic (exact) mass is 295 g/mol. The Morgan fingerprint density at radius 2 is 2.27 bits per heavy atom. The normalized spacial score (nSPS) is 17.0. The van der Waals surface area contributed by atoms with Crippen molar-refractivity contribution in [2.45, 2.75) is 46.0 Å². The van der Waals surface area contributed by atoms with Crippen LogP contribution in [0.3, 0.4) is 0 Å². The summed E-state index contributed by atoms with van der Waals surface area (Å²) >= 11 is 0. The van der Waals surface area contributed by atoms with Gasteiger partial charge in [0, 0.05) is 11.3 Å². The van der Waals surface area contributed by atoms with Gasteiger partial charge >= 0.3 is 0 Å². The number of hydrogen-bond acceptors (Lipinski definition) is 4. The summed E-state index contributed by atoms with van der Waals surface area (Å²) in [5.74, 6) is 2.55. The van der Waals surface area contributed by atoms with E-state index in [9.17, 15) is 5.26 Å². The van der Waals surface area contributed by atoms with E-state index in [0.29, 0.717) is 17.3 Å². The predicted octanol–water partition coefficient (Wildman–Crippen LogP) is 4.01. The first-order valence-corrected chi connectivity index (χ1v) is 7.92. The highest BCUT2D eigenvalue weighted by atomic mass is 16.3. The lowest BCUT2D eigenvalue weighted by molar-refractivity contribution is 0.418. The summed E-state index contributed by atoms with van der Waals surface area (Å²) in [5.41, 5.74) is 9.52. The summed E-state index contributed by atoms with van der Waals surface area (Å²) < 4.78 is 5.79. The van der Waals surface area contributed by atoms with Crippen molar-refractivity contribution in [3.05, 3.63) is 34.7 Å². The number of rotatable bonds is 3. The van der Waals surface area contributed by atoms with Crippen molar-refractivity contribution in [2.75, 3.05) is 5.73 Å². The van der Waals surface area contributed by atoms with Crippen molar-refractivity contribution in [3.8, 4) is 17.4 Å². The summed E-state index contributed by atoms with van der Waals surface area (Å²) in [6.07, 6.45) is 5.43. The number of pyridine rings is 1. The van der Waals surface area contributed by atoms with Crippen LogP contribution in [-0.4, -0.2) is 4.98 Å². The molecule has 0 fully saturated rings. The van der Waals surface area contributed by atoms with Gasteiger partial charge in [-0.15, -0.1) is 0 Å². The minimum atomic E-state index is 0.319. The molecular formula is C18H21N3O. The first-order chi connectivity index (χ1) is 10.6. The Hall–Kier alpha value is -2.28. The Morgan fingerprint density at radius 3 is 2.91 bits per heavy atom. The van der Waals surface area contributed by atoms with Crippen molar-refractivity contribution in [2.24, 2.45) is 5.92 Å². The maximum Gasteiger partial charge on any atom is 0.142 e. The molecule has 2 aromatic rings. The van der Waals surface area contributed by atoms with Crippen molar-refractivity contribution >= 4 is 5.82 Å². The largest absolute Gasteiger partial charge is 0.461 e. The molecule has 114 valence electrons. The van der Waals surface area contributed by atoms with Gasteiger partial charge in [-0.2, -0.15) is 5.26 Å². The number of anilines is 1. The van der Waals surface area contributed by atoms with Gasteiger partial charge in [-0.1, -0.05) is 19.8 Å². The molecule has 1 unspecified atom stereocenters. The first kappa shape index (κ1) is 14.6. The zero-order valence-corrected chi connectivity index (χ0v) is 13.1. The standard InChI is InChI=1S/C18H21N3O/c1-3-4-12-6-7-15-13(9-12)17(14(10-19)18(20)21-15)16-8-5-11(2)22-16/h5,8,12H,3-4,6-7,9H2,1-2H3,(H2,20,21). The second kappa shape index (κ2) is 5.84. The summed E-state index contributed by atoms with van der Waals surface area (Å²) in [7, 11) is 0. The van der Waals surface area contributed by atoms with E-state index >= 15 is 0 Å². The summed E-state index contributed by atoms with van der Waals surface area (Å²) in [6.45, 7) is 4.13. The molecule has 2 heterocycles. The zero-order valence-electron chi connectivity index (χ0n) is 13.1. The Morgan fingerprint density at radius 1 is 1.45 bits per heavy atom. The molecule has 0 aromatic carbocycles. The number of aromatic nitrogens is 1. The molecule has 0 saturated heterocycles. The number of nitrogen functional groups attached to an aromatic ring is 1. The average Bonchev–Trinajstić information content (AvgIpc) is 2.92. The van der Waals surface area contributed by atoms with Gasteiger partial charge in [0.15, 0.2) is 0 Å². The SMILES string of the molecule is CCCC1CCc2nc(N)c(C#N)c(-c3ccc(C)o3)c2C1. The van der Waals surface area contributed by atoms with Crippen LogP contribution in [0.15, 0.2) is 16.5 Å². The molecule has 0 spiro atoms. The summed E-state index contributed by atoms with van der Waals surface area (Å²) in [6, 6.07) is 6.07. The fourth-order valence-corrected chi connectivity index (χ4v) is 3.46. The van der Waals surface area contributed by atoms with Crippen molar-refractivity contribution in [1.29, 1.82) is 5.26 Å². The van der Waals surface area contributed by atoms with Crippen molar-refractivity contribution in [3.63, 3.8) is 0 Å². The molecule has 3 rings (SSSR count). The molecule has 0 saturated carbocycles. The second-order valence-corrected chi connectivity index (χ2v) is 6.09. The molecule has 22 heavy (non-hydrogen) atoms. The Labute approximate surface area is 131 Å². The zero-order chi connectivity index (χ0) is 15.7. The van der Waals surface area contributed by atoms with Gasteiger partial charge in [-0.3, -0.25) is 0 Å². The van der Waals surface area contributed by atoms with Gasteiger partial charge in [-0.05, 0) is 49.8 Å². The number of hydrogen-bond donors (Lipinski definition) is 1. The van der Waals surface area contributed by atoms with Crippen LogP contribution >= 0.6 is 0 Å². The van der Waals surface area contributed by atoms with Crippen LogP contribution in [0.4, 0.5) is 5.82 Å². The lowest BCUT2D eigenvalue weighted by atomic mass is 9.80. The van der Waals surface area contributed by atoms with E-state index < -0.39 is 0 Å². The van der Waals surface area contributed by atoms with Crippen LogP contribution in [0.1, 0.15) is 48.8 Å². The van der Waals surface area contributed by atoms with Gasteiger partial charge in [-0.25, -0.2) is 4.98 Å². The number of nitriles is 1. The average molecular weight is 295 g/mol. The molecule has 0 radical (unpaired) electrons. The minimum Gasteiger partial charge on any atom is -0.461 e. The minimum absolute atomic E-state index is 0.319. The molecule has 0 aliphatic heterocycles. The van der Waals surface area contributed by atoms with Crippen LogP contribution in [0.2, 0.25) is 0 Å². The molecule has 0 bridgehead atoms. The number of aryl methyl sites for hydroxylation is 2. The Bertz CT molecular complexity index is 740. The lowest BCUT2D eigenvalue weighted by Gasteiger charge is -2.26. The Balaban J connectivity index is 2.18. The molecule has 0 amide bonds. The van der Waals surface area contributed by atoms with Gasteiger partial charge in [0.05, 0.1) is 0 Å². The van der Waals surface area contributed by atoms with Gasteiger partial charge < -0.3 is 10.2 Å². The molecule has 2 aromatic heterocycles. The van der Waals surface area contributed by atoms with E-state index in [1.165, 1.54) is 12.8 Å². The predicted molar refractivity (Wildman–Crippen MR) is 86.2 cm³/mol. The maximum atomic E-state index is 9.53. The van der Waals surface area contributed by atoms with Crippen LogP contribution in [-0.2, 0) is 12.8 Å². The summed E-state index contributed by atoms with van der Waals surface area (Å²) in [4.78, 5) is 4.49. The second-order valence-electron chi connectivity index (χ2n) is 6.09. The molecule has 1 aliphatic rings. The smallest absolute Gasteiger partial charge is 0.142 e. The molecule has 4 heteroatoms. The lowest BCUT2D eigenvalue weighted by Crippen LogP contribution is -2.18. The highest BCUT2D eigenvalue weighted by Crippen LogP contribution is 2.38. The molecule has 4 nitrogen and oxygen atoms in total. The maximum absolute atomic E-state index is 9.53. The fraction of sp³-hybridized carbons (Fsp3) is 0.444. The first-order valence-electron chi connectivity index (χ1n) is 7.92. The van der Waals surface area contributed by atoms with Crippen molar-refractivity contribution in [1.82, 2.24) is 4.98 Å². The topological polar surface area (TPSA) is 75.8 Å². The number of nitrogens with zero attached hydrogens (tertiary/aromatic N) is 2. The number of furan rings is 1. The molecule has 1 aliphatic carbocycles. The van der Waals surface area contributed by atoms with E-state index in [2.05, 4.69) is 18.0 Å². The summed E-state index contributed by atoms with van der Waals surface area (Å²) in [5, 5.41) is 9.53. The van der Waals surface area contributed by atoms with Crippen LogP contribution < -0.4 is 5.73 Å². The molecular weight excluding hydrogens is 274 g/mol. The highest BCUT2D eigenvalue weighted by Gasteiger charge is 2.27. The molecule has 1 atom stereocenters. The van der Waals surface area contributed by atoms with Crippen LogP contribution in [0.5, 0.6) is 0 Å². The van der Waals surface area contributed by atoms with E-state index in [-0.39, 0.29) is 0 Å². The van der Waals surface area contributed by atoms with Gasteiger partial charge in [0.2, 0.25) is 0 Å². The quantitative estimate of drug-likeness (QED) is 0.928. The van der Waals surface area contributed by atoms with Gasteiger partial charge in [0.25, 0.3) is 0 Å². The fourth-order valence-electron chi connectivity index (χ4n) is 3.46. The van der Waals surface area contributed by atoms with Crippen LogP contribution in [0, 0.1) is 24.2 Å². The van der Waals surface area contributed by atoms with E-state index in [4.69, 9.17) is 10.2 Å². The number of nitrogens with two attached hydrogens (primary N) is 1. The van der Waals surface area contributed by atoms with E-state index in [0.717, 1.165) is 47.6 Å². The third-order valence-electron chi connectivity index (χ3n) is 4.49. The molecule has 2 N–H and O–H groups in total. The van der Waals surface area contributed by atoms with Crippen LogP contribution in [0.25, 0.3) is 11.3 Å². The number of fused-ring (bicyclic) bond motifs is 1. The highest BCUT2D eigenvalue weighted by molar-refractivity contribution is 5.76.